The summed E-state index contributed by atoms with van der Waals surface area (Å²) in [7, 11) is 0. The van der Waals surface area contributed by atoms with Gasteiger partial charge >= 0.3 is 0 Å². The second kappa shape index (κ2) is 5.16. The van der Waals surface area contributed by atoms with Crippen LogP contribution in [0.2, 0.25) is 0 Å². The van der Waals surface area contributed by atoms with Crippen molar-refractivity contribution in [2.24, 2.45) is 0 Å². The molecule has 1 aromatic carbocycles. The highest BCUT2D eigenvalue weighted by Crippen LogP contribution is 2.19. The van der Waals surface area contributed by atoms with Crippen LogP contribution in [0, 0.1) is 0 Å². The van der Waals surface area contributed by atoms with Gasteiger partial charge in [0, 0.05) is 23.4 Å². The van der Waals surface area contributed by atoms with Gasteiger partial charge in [0.25, 0.3) is 6.47 Å². The van der Waals surface area contributed by atoms with Crippen LogP contribution >= 0.6 is 0 Å². The summed E-state index contributed by atoms with van der Waals surface area (Å²) in [6.45, 7) is 0.796. The Balaban J connectivity index is 2.07. The lowest BCUT2D eigenvalue weighted by Crippen LogP contribution is -1.96. The van der Waals surface area contributed by atoms with E-state index in [2.05, 4.69) is 14.9 Å². The third-order valence-electron chi connectivity index (χ3n) is 2.39. The smallest absolute Gasteiger partial charge is 0.293 e. The van der Waals surface area contributed by atoms with Gasteiger partial charge in [0.05, 0.1) is 12.3 Å². The Labute approximate surface area is 98.6 Å². The molecule has 17 heavy (non-hydrogen) atoms. The van der Waals surface area contributed by atoms with Crippen LogP contribution in [0.3, 0.4) is 0 Å². The van der Waals surface area contributed by atoms with E-state index in [0.717, 1.165) is 22.6 Å². The first-order valence-corrected chi connectivity index (χ1v) is 5.25. The maximum absolute atomic E-state index is 9.99. The number of hydrogen-bond acceptors (Lipinski definition) is 4. The zero-order valence-electron chi connectivity index (χ0n) is 9.22. The van der Waals surface area contributed by atoms with E-state index in [0.29, 0.717) is 19.5 Å². The van der Waals surface area contributed by atoms with Gasteiger partial charge in [0.1, 0.15) is 0 Å². The van der Waals surface area contributed by atoms with Gasteiger partial charge in [-0.25, -0.2) is 0 Å². The Hall–Kier alpha value is -2.30. The van der Waals surface area contributed by atoms with Crippen LogP contribution in [0.1, 0.15) is 5.69 Å². The Kier molecular flexibility index (Phi) is 3.40. The molecule has 0 fully saturated rings. The van der Waals surface area contributed by atoms with Gasteiger partial charge in [-0.1, -0.05) is 12.1 Å². The minimum absolute atomic E-state index is 0.354. The van der Waals surface area contributed by atoms with Crippen LogP contribution in [-0.4, -0.2) is 23.3 Å². The summed E-state index contributed by atoms with van der Waals surface area (Å²) in [5, 5.41) is 7.09. The number of aromatic nitrogens is 2. The maximum Gasteiger partial charge on any atom is 0.293 e. The topological polar surface area (TPSA) is 81.0 Å². The fourth-order valence-corrected chi connectivity index (χ4v) is 1.51. The molecule has 0 saturated carbocycles. The molecule has 2 rings (SSSR count). The Morgan fingerprint density at radius 2 is 2.12 bits per heavy atom. The minimum Gasteiger partial charge on any atom is -0.467 e. The number of benzene rings is 1. The van der Waals surface area contributed by atoms with Gasteiger partial charge in [-0.2, -0.15) is 5.10 Å². The van der Waals surface area contributed by atoms with Crippen molar-refractivity contribution in [3.63, 3.8) is 0 Å². The van der Waals surface area contributed by atoms with Crippen molar-refractivity contribution in [3.8, 4) is 11.3 Å². The van der Waals surface area contributed by atoms with E-state index in [1.165, 1.54) is 0 Å². The number of nitrogen functional groups attached to an aromatic ring is 1. The first-order valence-electron chi connectivity index (χ1n) is 5.25. The molecule has 5 heteroatoms. The number of rotatable bonds is 5. The van der Waals surface area contributed by atoms with Gasteiger partial charge in [-0.3, -0.25) is 9.89 Å². The molecule has 0 spiro atoms. The van der Waals surface area contributed by atoms with Gasteiger partial charge < -0.3 is 10.5 Å². The third kappa shape index (κ3) is 2.84. The van der Waals surface area contributed by atoms with E-state index in [-0.39, 0.29) is 0 Å². The van der Waals surface area contributed by atoms with Crippen molar-refractivity contribution in [3.05, 3.63) is 36.0 Å². The number of aromatic amines is 1. The van der Waals surface area contributed by atoms with Gasteiger partial charge in [0.15, 0.2) is 0 Å². The molecule has 88 valence electrons. The molecule has 1 aromatic heterocycles. The van der Waals surface area contributed by atoms with Crippen LogP contribution in [0.5, 0.6) is 0 Å². The van der Waals surface area contributed by atoms with Crippen molar-refractivity contribution in [2.45, 2.75) is 6.42 Å². The number of anilines is 1. The Bertz CT molecular complexity index is 491. The molecule has 5 nitrogen and oxygen atoms in total. The van der Waals surface area contributed by atoms with Gasteiger partial charge in [-0.15, -0.1) is 0 Å². The zero-order chi connectivity index (χ0) is 12.1. The minimum atomic E-state index is 0.354. The standard InChI is InChI=1S/C12H13N3O2/c13-10-3-1-9(2-4-10)12-7-11(14-15-12)5-6-17-8-16/h1-4,7-8H,5-6,13H2,(H,14,15). The summed E-state index contributed by atoms with van der Waals surface area (Å²) in [4.78, 5) is 9.99. The molecule has 0 saturated heterocycles. The predicted octanol–water partition coefficient (Wildman–Crippen LogP) is 1.37. The summed E-state index contributed by atoms with van der Waals surface area (Å²) in [6, 6.07) is 9.42. The van der Waals surface area contributed by atoms with Crippen molar-refractivity contribution >= 4 is 12.2 Å². The molecule has 1 heterocycles. The molecule has 0 unspecified atom stereocenters. The lowest BCUT2D eigenvalue weighted by Gasteiger charge is -1.96. The zero-order valence-corrected chi connectivity index (χ0v) is 9.22. The van der Waals surface area contributed by atoms with Crippen molar-refractivity contribution in [2.75, 3.05) is 12.3 Å². The summed E-state index contributed by atoms with van der Waals surface area (Å²) >= 11 is 0. The molecule has 0 amide bonds. The van der Waals surface area contributed by atoms with E-state index < -0.39 is 0 Å². The highest BCUT2D eigenvalue weighted by Gasteiger charge is 2.03. The largest absolute Gasteiger partial charge is 0.467 e. The fourth-order valence-electron chi connectivity index (χ4n) is 1.51. The van der Waals surface area contributed by atoms with E-state index in [9.17, 15) is 4.79 Å². The number of nitrogens with two attached hydrogens (primary N) is 1. The van der Waals surface area contributed by atoms with Gasteiger partial charge in [-0.05, 0) is 18.2 Å². The predicted molar refractivity (Wildman–Crippen MR) is 64.2 cm³/mol. The van der Waals surface area contributed by atoms with Crippen molar-refractivity contribution in [1.82, 2.24) is 10.2 Å². The lowest BCUT2D eigenvalue weighted by atomic mass is 10.1. The van der Waals surface area contributed by atoms with Crippen LogP contribution in [0.15, 0.2) is 30.3 Å². The highest BCUT2D eigenvalue weighted by atomic mass is 16.5. The number of hydrogen-bond donors (Lipinski definition) is 2. The molecule has 0 aliphatic rings. The Morgan fingerprint density at radius 3 is 2.82 bits per heavy atom. The first kappa shape index (κ1) is 11.2. The second-order valence-corrected chi connectivity index (χ2v) is 3.62. The molecule has 2 aromatic rings. The van der Waals surface area contributed by atoms with Crippen LogP contribution in [0.4, 0.5) is 5.69 Å². The van der Waals surface area contributed by atoms with Crippen LogP contribution in [-0.2, 0) is 16.0 Å². The molecular formula is C12H13N3O2. The maximum atomic E-state index is 9.99. The van der Waals surface area contributed by atoms with Crippen molar-refractivity contribution < 1.29 is 9.53 Å². The summed E-state index contributed by atoms with van der Waals surface area (Å²) in [6.07, 6.45) is 0.626. The van der Waals surface area contributed by atoms with E-state index in [1.54, 1.807) is 0 Å². The SMILES string of the molecule is Nc1ccc(-c2cc(CCOC=O)[nH]n2)cc1. The number of carbonyl (C=O) groups is 1. The van der Waals surface area contributed by atoms with Crippen molar-refractivity contribution in [1.29, 1.82) is 0 Å². The molecule has 0 aliphatic heterocycles. The van der Waals surface area contributed by atoms with E-state index in [4.69, 9.17) is 5.73 Å². The summed E-state index contributed by atoms with van der Waals surface area (Å²) < 4.78 is 4.62. The average Bonchev–Trinajstić information content (AvgIpc) is 2.79. The molecule has 0 bridgehead atoms. The number of nitrogens with one attached hydrogen (secondary N) is 1. The fraction of sp³-hybridized carbons (Fsp3) is 0.167. The lowest BCUT2D eigenvalue weighted by molar-refractivity contribution is -0.128. The van der Waals surface area contributed by atoms with Gasteiger partial charge in [0.2, 0.25) is 0 Å². The summed E-state index contributed by atoms with van der Waals surface area (Å²) in [5.41, 5.74) is 9.12. The highest BCUT2D eigenvalue weighted by molar-refractivity contribution is 5.61. The average molecular weight is 231 g/mol. The van der Waals surface area contributed by atoms with Crippen LogP contribution < -0.4 is 5.73 Å². The summed E-state index contributed by atoms with van der Waals surface area (Å²) in [5.74, 6) is 0. The molecular weight excluding hydrogens is 218 g/mol. The Morgan fingerprint density at radius 1 is 1.35 bits per heavy atom. The van der Waals surface area contributed by atoms with E-state index in [1.807, 2.05) is 30.3 Å². The number of carbonyl (C=O) groups excluding carboxylic acids is 1. The first-order chi connectivity index (χ1) is 8.29. The molecule has 0 aliphatic carbocycles. The number of H-pyrrole nitrogens is 1. The normalized spacial score (nSPS) is 10.1. The second-order valence-electron chi connectivity index (χ2n) is 3.62. The molecule has 0 atom stereocenters. The van der Waals surface area contributed by atoms with Crippen LogP contribution in [0.25, 0.3) is 11.3 Å². The molecule has 0 radical (unpaired) electrons. The molecule has 3 N–H and O–H groups in total. The number of ether oxygens (including phenoxy) is 1. The number of nitrogens with zero attached hydrogens (tertiary/aromatic N) is 1. The third-order valence-corrected chi connectivity index (χ3v) is 2.39. The quantitative estimate of drug-likeness (QED) is 0.462. The van der Waals surface area contributed by atoms with E-state index >= 15 is 0 Å². The monoisotopic (exact) mass is 231 g/mol.